The Morgan fingerprint density at radius 2 is 1.38 bits per heavy atom. The molecule has 1 N–H and O–H groups in total. The molecular weight excluding hydrogens is 360 g/mol. The van der Waals surface area contributed by atoms with Gasteiger partial charge in [0.25, 0.3) is 0 Å². The molecular formula is C25H48N2O2. The van der Waals surface area contributed by atoms with Crippen molar-refractivity contribution < 1.29 is 9.53 Å². The highest BCUT2D eigenvalue weighted by Crippen LogP contribution is 2.31. The summed E-state index contributed by atoms with van der Waals surface area (Å²) in [6, 6.07) is 0.691. The van der Waals surface area contributed by atoms with Crippen molar-refractivity contribution in [2.75, 3.05) is 20.2 Å². The van der Waals surface area contributed by atoms with Gasteiger partial charge in [0.15, 0.2) is 0 Å². The summed E-state index contributed by atoms with van der Waals surface area (Å²) in [7, 11) is 2.32. The molecule has 1 aliphatic heterocycles. The molecule has 0 aromatic rings. The molecule has 4 nitrogen and oxygen atoms in total. The number of esters is 1. The molecule has 0 aliphatic carbocycles. The van der Waals surface area contributed by atoms with Crippen molar-refractivity contribution in [3.63, 3.8) is 0 Å². The lowest BCUT2D eigenvalue weighted by molar-refractivity contribution is -0.139. The topological polar surface area (TPSA) is 41.6 Å². The van der Waals surface area contributed by atoms with Crippen LogP contribution in [0.4, 0.5) is 0 Å². The van der Waals surface area contributed by atoms with E-state index in [0.29, 0.717) is 18.2 Å². The Labute approximate surface area is 180 Å². The summed E-state index contributed by atoms with van der Waals surface area (Å²) in [5.74, 6) is -0.261. The van der Waals surface area contributed by atoms with Crippen molar-refractivity contribution in [1.82, 2.24) is 10.2 Å². The van der Waals surface area contributed by atoms with Crippen LogP contribution in [0.2, 0.25) is 0 Å². The highest BCUT2D eigenvalue weighted by molar-refractivity contribution is 5.86. The maximum absolute atomic E-state index is 11.3. The first-order chi connectivity index (χ1) is 13.5. The summed E-state index contributed by atoms with van der Waals surface area (Å²) in [5.41, 5.74) is 0.944. The standard InChI is InChI=1S/C25H48N2O2/c1-21(2)23(28)29-18-16-14-12-10-8-9-11-13-15-17-27(7)22-19-24(3,4)26-25(5,6)20-22/h22,26H,1,8-20H2,2-7H3. The van der Waals surface area contributed by atoms with Crippen LogP contribution in [0.5, 0.6) is 0 Å². The van der Waals surface area contributed by atoms with Crippen LogP contribution < -0.4 is 5.32 Å². The number of carbonyl (C=O) groups excluding carboxylic acids is 1. The van der Waals surface area contributed by atoms with Gasteiger partial charge in [0.05, 0.1) is 6.61 Å². The van der Waals surface area contributed by atoms with E-state index in [-0.39, 0.29) is 17.0 Å². The fourth-order valence-corrected chi connectivity index (χ4v) is 4.75. The maximum atomic E-state index is 11.3. The lowest BCUT2D eigenvalue weighted by Crippen LogP contribution is -2.61. The van der Waals surface area contributed by atoms with Gasteiger partial charge in [0.2, 0.25) is 0 Å². The molecule has 0 amide bonds. The van der Waals surface area contributed by atoms with Gasteiger partial charge in [-0.2, -0.15) is 0 Å². The number of rotatable bonds is 14. The van der Waals surface area contributed by atoms with E-state index in [1.54, 1.807) is 6.92 Å². The third-order valence-corrected chi connectivity index (χ3v) is 6.03. The molecule has 1 fully saturated rings. The Bertz CT molecular complexity index is 483. The zero-order valence-corrected chi connectivity index (χ0v) is 20.2. The van der Waals surface area contributed by atoms with E-state index in [2.05, 4.69) is 51.5 Å². The van der Waals surface area contributed by atoms with Crippen molar-refractivity contribution in [3.8, 4) is 0 Å². The summed E-state index contributed by atoms with van der Waals surface area (Å²) in [6.07, 6.45) is 13.8. The zero-order chi connectivity index (χ0) is 21.9. The molecule has 0 aromatic heterocycles. The van der Waals surface area contributed by atoms with Crippen molar-refractivity contribution in [1.29, 1.82) is 0 Å². The first kappa shape index (κ1) is 26.2. The van der Waals surface area contributed by atoms with Gasteiger partial charge in [-0.05, 0) is 73.9 Å². The van der Waals surface area contributed by atoms with E-state index in [0.717, 1.165) is 12.8 Å². The van der Waals surface area contributed by atoms with Gasteiger partial charge < -0.3 is 15.0 Å². The minimum atomic E-state index is -0.261. The molecule has 0 unspecified atom stereocenters. The predicted molar refractivity (Wildman–Crippen MR) is 124 cm³/mol. The normalized spacial score (nSPS) is 18.7. The van der Waals surface area contributed by atoms with Crippen molar-refractivity contribution in [2.45, 2.75) is 122 Å². The number of unbranched alkanes of at least 4 members (excludes halogenated alkanes) is 8. The molecule has 1 heterocycles. The van der Waals surface area contributed by atoms with Crippen LogP contribution in [-0.2, 0) is 9.53 Å². The molecule has 0 bridgehead atoms. The van der Waals surface area contributed by atoms with Crippen LogP contribution in [-0.4, -0.2) is 48.2 Å². The van der Waals surface area contributed by atoms with Gasteiger partial charge in [-0.15, -0.1) is 0 Å². The average molecular weight is 409 g/mol. The largest absolute Gasteiger partial charge is 0.462 e. The first-order valence-electron chi connectivity index (χ1n) is 11.8. The van der Waals surface area contributed by atoms with Gasteiger partial charge in [-0.3, -0.25) is 0 Å². The molecule has 29 heavy (non-hydrogen) atoms. The highest BCUT2D eigenvalue weighted by atomic mass is 16.5. The van der Waals surface area contributed by atoms with Crippen molar-refractivity contribution in [3.05, 3.63) is 12.2 Å². The third kappa shape index (κ3) is 11.8. The molecule has 170 valence electrons. The summed E-state index contributed by atoms with van der Waals surface area (Å²) in [5, 5.41) is 3.79. The van der Waals surface area contributed by atoms with Crippen LogP contribution in [0, 0.1) is 0 Å². The van der Waals surface area contributed by atoms with Crippen LogP contribution in [0.3, 0.4) is 0 Å². The van der Waals surface area contributed by atoms with Crippen LogP contribution in [0.15, 0.2) is 12.2 Å². The molecule has 1 rings (SSSR count). The van der Waals surface area contributed by atoms with E-state index in [1.165, 1.54) is 64.3 Å². The molecule has 1 saturated heterocycles. The van der Waals surface area contributed by atoms with E-state index in [1.807, 2.05) is 0 Å². The SMILES string of the molecule is C=C(C)C(=O)OCCCCCCCCCCCN(C)C1CC(C)(C)NC(C)(C)C1. The smallest absolute Gasteiger partial charge is 0.333 e. The third-order valence-electron chi connectivity index (χ3n) is 6.03. The Morgan fingerprint density at radius 3 is 1.86 bits per heavy atom. The summed E-state index contributed by atoms with van der Waals surface area (Å²) < 4.78 is 5.12. The van der Waals surface area contributed by atoms with E-state index in [4.69, 9.17) is 4.74 Å². The zero-order valence-electron chi connectivity index (χ0n) is 20.2. The fourth-order valence-electron chi connectivity index (χ4n) is 4.75. The predicted octanol–water partition coefficient (Wildman–Crippen LogP) is 5.86. The number of ether oxygens (including phenoxy) is 1. The molecule has 0 saturated carbocycles. The minimum Gasteiger partial charge on any atom is -0.462 e. The summed E-state index contributed by atoms with van der Waals surface area (Å²) >= 11 is 0. The molecule has 0 radical (unpaired) electrons. The second-order valence-corrected chi connectivity index (χ2v) is 10.5. The van der Waals surface area contributed by atoms with Crippen LogP contribution in [0.25, 0.3) is 0 Å². The quantitative estimate of drug-likeness (QED) is 0.222. The van der Waals surface area contributed by atoms with Crippen LogP contribution in [0.1, 0.15) is 105 Å². The second-order valence-electron chi connectivity index (χ2n) is 10.5. The number of nitrogens with one attached hydrogen (secondary N) is 1. The highest BCUT2D eigenvalue weighted by Gasteiger charge is 2.38. The molecule has 4 heteroatoms. The number of hydrogen-bond donors (Lipinski definition) is 1. The Balaban J connectivity index is 1.98. The van der Waals surface area contributed by atoms with Crippen LogP contribution >= 0.6 is 0 Å². The van der Waals surface area contributed by atoms with Gasteiger partial charge in [0, 0.05) is 22.7 Å². The maximum Gasteiger partial charge on any atom is 0.333 e. The minimum absolute atomic E-state index is 0.229. The Kier molecular flexibility index (Phi) is 11.5. The summed E-state index contributed by atoms with van der Waals surface area (Å²) in [4.78, 5) is 13.9. The average Bonchev–Trinajstić information content (AvgIpc) is 2.59. The van der Waals surface area contributed by atoms with Gasteiger partial charge >= 0.3 is 5.97 Å². The molecule has 0 spiro atoms. The molecule has 0 atom stereocenters. The number of piperidine rings is 1. The first-order valence-corrected chi connectivity index (χ1v) is 11.8. The monoisotopic (exact) mass is 408 g/mol. The van der Waals surface area contributed by atoms with Gasteiger partial charge in [-0.1, -0.05) is 51.5 Å². The number of carbonyl (C=O) groups is 1. The molecule has 0 aromatic carbocycles. The number of hydrogen-bond acceptors (Lipinski definition) is 4. The van der Waals surface area contributed by atoms with E-state index >= 15 is 0 Å². The van der Waals surface area contributed by atoms with E-state index < -0.39 is 0 Å². The Hall–Kier alpha value is -0.870. The molecule has 1 aliphatic rings. The van der Waals surface area contributed by atoms with Gasteiger partial charge in [0.1, 0.15) is 0 Å². The van der Waals surface area contributed by atoms with E-state index in [9.17, 15) is 4.79 Å². The lowest BCUT2D eigenvalue weighted by Gasteiger charge is -2.49. The second kappa shape index (κ2) is 12.7. The number of nitrogens with zero attached hydrogens (tertiary/aromatic N) is 1. The lowest BCUT2D eigenvalue weighted by atomic mass is 9.79. The van der Waals surface area contributed by atoms with Crippen molar-refractivity contribution in [2.24, 2.45) is 0 Å². The van der Waals surface area contributed by atoms with Gasteiger partial charge in [-0.25, -0.2) is 4.79 Å². The van der Waals surface area contributed by atoms with Crippen molar-refractivity contribution >= 4 is 5.97 Å². The summed E-state index contributed by atoms with van der Waals surface area (Å²) in [6.45, 7) is 16.4. The fraction of sp³-hybridized carbons (Fsp3) is 0.880. The Morgan fingerprint density at radius 1 is 0.931 bits per heavy atom.